The molecule has 0 heterocycles. The molecule has 0 aliphatic carbocycles. The molecule has 0 saturated carbocycles. The summed E-state index contributed by atoms with van der Waals surface area (Å²) in [6, 6.07) is -0.523. The number of rotatable bonds is 6. The third kappa shape index (κ3) is 3.73. The molecule has 1 aromatic carbocycles. The first-order chi connectivity index (χ1) is 9.61. The van der Waals surface area contributed by atoms with Crippen LogP contribution in [0.2, 0.25) is 0 Å². The van der Waals surface area contributed by atoms with E-state index in [9.17, 15) is 26.4 Å². The van der Waals surface area contributed by atoms with Gasteiger partial charge in [-0.25, -0.2) is 21.6 Å². The molecule has 0 radical (unpaired) electrons. The minimum absolute atomic E-state index is 0.347. The average Bonchev–Trinajstić information content (AvgIpc) is 2.40. The number of halogens is 3. The van der Waals surface area contributed by atoms with Gasteiger partial charge in [0.15, 0.2) is 17.5 Å². The molecule has 0 aliphatic heterocycles. The molecule has 2 atom stereocenters. The lowest BCUT2D eigenvalue weighted by molar-refractivity contribution is -0.140. The molecule has 0 saturated heterocycles. The Kier molecular flexibility index (Phi) is 5.35. The fraction of sp³-hybridized carbons (Fsp3) is 0.417. The molecule has 0 aromatic heterocycles. The van der Waals surface area contributed by atoms with Crippen LogP contribution < -0.4 is 4.72 Å². The summed E-state index contributed by atoms with van der Waals surface area (Å²) >= 11 is 0. The third-order valence-corrected chi connectivity index (χ3v) is 4.51. The van der Waals surface area contributed by atoms with Crippen molar-refractivity contribution in [1.29, 1.82) is 0 Å². The molecular formula is C12H14F3NO4S. The summed E-state index contributed by atoms with van der Waals surface area (Å²) in [5.41, 5.74) is 0. The van der Waals surface area contributed by atoms with Crippen LogP contribution >= 0.6 is 0 Å². The van der Waals surface area contributed by atoms with Crippen molar-refractivity contribution in [3.05, 3.63) is 29.6 Å². The quantitative estimate of drug-likeness (QED) is 0.782. The normalized spacial score (nSPS) is 14.7. The molecule has 1 rings (SSSR count). The Morgan fingerprint density at radius 1 is 1.29 bits per heavy atom. The number of aliphatic carboxylic acids is 1. The van der Waals surface area contributed by atoms with Gasteiger partial charge in [-0.3, -0.25) is 4.79 Å². The first-order valence-corrected chi connectivity index (χ1v) is 7.48. The third-order valence-electron chi connectivity index (χ3n) is 3.05. The van der Waals surface area contributed by atoms with Crippen molar-refractivity contribution in [1.82, 2.24) is 4.72 Å². The van der Waals surface area contributed by atoms with Crippen LogP contribution in [0.5, 0.6) is 0 Å². The number of benzene rings is 1. The Morgan fingerprint density at radius 2 is 1.86 bits per heavy atom. The number of hydrogen-bond acceptors (Lipinski definition) is 3. The SMILES string of the molecule is CCC(C)C(NS(=O)(=O)c1ccc(F)c(F)c1F)C(=O)O. The maximum atomic E-state index is 13.5. The molecule has 2 N–H and O–H groups in total. The highest BCUT2D eigenvalue weighted by molar-refractivity contribution is 7.89. The minimum Gasteiger partial charge on any atom is -0.480 e. The summed E-state index contributed by atoms with van der Waals surface area (Å²) in [4.78, 5) is 9.92. The zero-order chi connectivity index (χ0) is 16.4. The van der Waals surface area contributed by atoms with E-state index in [1.807, 2.05) is 0 Å². The fourth-order valence-electron chi connectivity index (χ4n) is 1.59. The molecule has 2 unspecified atom stereocenters. The average molecular weight is 325 g/mol. The van der Waals surface area contributed by atoms with Gasteiger partial charge in [0.1, 0.15) is 10.9 Å². The van der Waals surface area contributed by atoms with Crippen LogP contribution in [0.25, 0.3) is 0 Å². The summed E-state index contributed by atoms with van der Waals surface area (Å²) in [7, 11) is -4.64. The summed E-state index contributed by atoms with van der Waals surface area (Å²) in [5.74, 6) is -7.39. The smallest absolute Gasteiger partial charge is 0.322 e. The van der Waals surface area contributed by atoms with Gasteiger partial charge in [0, 0.05) is 0 Å². The van der Waals surface area contributed by atoms with Crippen molar-refractivity contribution in [3.8, 4) is 0 Å². The molecular weight excluding hydrogens is 311 g/mol. The number of hydrogen-bond donors (Lipinski definition) is 2. The van der Waals surface area contributed by atoms with Gasteiger partial charge in [0.05, 0.1) is 0 Å². The molecule has 0 fully saturated rings. The van der Waals surface area contributed by atoms with E-state index in [1.165, 1.54) is 6.92 Å². The van der Waals surface area contributed by atoms with Crippen molar-refractivity contribution in [2.75, 3.05) is 0 Å². The predicted octanol–water partition coefficient (Wildman–Crippen LogP) is 1.88. The highest BCUT2D eigenvalue weighted by Gasteiger charge is 2.32. The van der Waals surface area contributed by atoms with Crippen LogP contribution in [-0.4, -0.2) is 25.5 Å². The Morgan fingerprint density at radius 3 is 2.33 bits per heavy atom. The van der Waals surface area contributed by atoms with Gasteiger partial charge in [-0.1, -0.05) is 20.3 Å². The van der Waals surface area contributed by atoms with Crippen LogP contribution in [0.1, 0.15) is 20.3 Å². The second-order valence-corrected chi connectivity index (χ2v) is 6.18. The van der Waals surface area contributed by atoms with E-state index in [1.54, 1.807) is 11.6 Å². The van der Waals surface area contributed by atoms with Gasteiger partial charge in [-0.05, 0) is 18.1 Å². The number of carboxylic acid groups (broad SMARTS) is 1. The minimum atomic E-state index is -4.64. The second kappa shape index (κ2) is 6.44. The topological polar surface area (TPSA) is 83.5 Å². The van der Waals surface area contributed by atoms with Crippen LogP contribution in [0.4, 0.5) is 13.2 Å². The fourth-order valence-corrected chi connectivity index (χ4v) is 2.96. The van der Waals surface area contributed by atoms with E-state index in [-0.39, 0.29) is 0 Å². The number of carbonyl (C=O) groups is 1. The lowest BCUT2D eigenvalue weighted by Crippen LogP contribution is -2.45. The molecule has 0 bridgehead atoms. The van der Waals surface area contributed by atoms with E-state index in [4.69, 9.17) is 5.11 Å². The maximum absolute atomic E-state index is 13.5. The number of sulfonamides is 1. The first kappa shape index (κ1) is 17.4. The maximum Gasteiger partial charge on any atom is 0.322 e. The van der Waals surface area contributed by atoms with Gasteiger partial charge < -0.3 is 5.11 Å². The van der Waals surface area contributed by atoms with Gasteiger partial charge in [-0.2, -0.15) is 4.72 Å². The highest BCUT2D eigenvalue weighted by atomic mass is 32.2. The molecule has 0 amide bonds. The van der Waals surface area contributed by atoms with Crippen LogP contribution in [0, 0.1) is 23.4 Å². The monoisotopic (exact) mass is 325 g/mol. The lowest BCUT2D eigenvalue weighted by atomic mass is 10.0. The van der Waals surface area contributed by atoms with Crippen molar-refractivity contribution in [2.45, 2.75) is 31.2 Å². The molecule has 9 heteroatoms. The summed E-state index contributed by atoms with van der Waals surface area (Å²) in [5, 5.41) is 9.00. The number of nitrogens with one attached hydrogen (secondary N) is 1. The molecule has 21 heavy (non-hydrogen) atoms. The van der Waals surface area contributed by atoms with E-state index < -0.39 is 50.3 Å². The predicted molar refractivity (Wildman–Crippen MR) is 67.5 cm³/mol. The van der Waals surface area contributed by atoms with Crippen LogP contribution in [-0.2, 0) is 14.8 Å². The van der Waals surface area contributed by atoms with E-state index >= 15 is 0 Å². The summed E-state index contributed by atoms with van der Waals surface area (Å²) in [6.07, 6.45) is 0.347. The first-order valence-electron chi connectivity index (χ1n) is 6.00. The second-order valence-electron chi connectivity index (χ2n) is 4.50. The van der Waals surface area contributed by atoms with Crippen molar-refractivity contribution in [3.63, 3.8) is 0 Å². The van der Waals surface area contributed by atoms with Gasteiger partial charge >= 0.3 is 5.97 Å². The largest absolute Gasteiger partial charge is 0.480 e. The van der Waals surface area contributed by atoms with Crippen molar-refractivity contribution in [2.24, 2.45) is 5.92 Å². The van der Waals surface area contributed by atoms with E-state index in [0.29, 0.717) is 18.6 Å². The van der Waals surface area contributed by atoms with Gasteiger partial charge in [0.2, 0.25) is 10.0 Å². The highest BCUT2D eigenvalue weighted by Crippen LogP contribution is 2.21. The summed E-state index contributed by atoms with van der Waals surface area (Å²) in [6.45, 7) is 3.13. The molecule has 118 valence electrons. The van der Waals surface area contributed by atoms with Gasteiger partial charge in [0.25, 0.3) is 0 Å². The Bertz CT molecular complexity index is 648. The molecule has 5 nitrogen and oxygen atoms in total. The lowest BCUT2D eigenvalue weighted by Gasteiger charge is -2.20. The molecule has 0 spiro atoms. The Hall–Kier alpha value is -1.61. The standard InChI is InChI=1S/C12H14F3NO4S/c1-3-6(2)11(12(17)18)16-21(19,20)8-5-4-7(13)9(14)10(8)15/h4-6,11,16H,3H2,1-2H3,(H,17,18). The number of carboxylic acids is 1. The van der Waals surface area contributed by atoms with Crippen molar-refractivity contribution >= 4 is 16.0 Å². The van der Waals surface area contributed by atoms with Crippen molar-refractivity contribution < 1.29 is 31.5 Å². The zero-order valence-electron chi connectivity index (χ0n) is 11.2. The molecule has 1 aromatic rings. The van der Waals surface area contributed by atoms with E-state index in [0.717, 1.165) is 0 Å². The Balaban J connectivity index is 3.23. The Labute approximate surface area is 119 Å². The van der Waals surface area contributed by atoms with Gasteiger partial charge in [-0.15, -0.1) is 0 Å². The zero-order valence-corrected chi connectivity index (χ0v) is 12.0. The summed E-state index contributed by atoms with van der Waals surface area (Å²) < 4.78 is 65.1. The van der Waals surface area contributed by atoms with E-state index in [2.05, 4.69) is 0 Å². The van der Waals surface area contributed by atoms with Crippen LogP contribution in [0.15, 0.2) is 17.0 Å². The molecule has 0 aliphatic rings. The van der Waals surface area contributed by atoms with Crippen LogP contribution in [0.3, 0.4) is 0 Å².